The van der Waals surface area contributed by atoms with Crippen LogP contribution in [0.4, 0.5) is 5.69 Å². The van der Waals surface area contributed by atoms with Crippen LogP contribution in [-0.2, 0) is 14.3 Å². The van der Waals surface area contributed by atoms with Gasteiger partial charge < -0.3 is 10.1 Å². The van der Waals surface area contributed by atoms with Crippen LogP contribution < -0.4 is 5.32 Å². The lowest BCUT2D eigenvalue weighted by atomic mass is 9.80. The molecule has 21 heavy (non-hydrogen) atoms. The highest BCUT2D eigenvalue weighted by molar-refractivity contribution is 6.44. The first-order valence-corrected chi connectivity index (χ1v) is 7.35. The van der Waals surface area contributed by atoms with E-state index < -0.39 is 23.2 Å². The van der Waals surface area contributed by atoms with Crippen molar-refractivity contribution in [3.63, 3.8) is 0 Å². The molecular formula is C15H19Cl2NO3. The predicted molar refractivity (Wildman–Crippen MR) is 84.7 cm³/mol. The van der Waals surface area contributed by atoms with E-state index in [0.717, 1.165) is 0 Å². The van der Waals surface area contributed by atoms with Crippen molar-refractivity contribution in [1.29, 1.82) is 0 Å². The Balaban J connectivity index is 3.02. The zero-order valence-corrected chi connectivity index (χ0v) is 14.0. The van der Waals surface area contributed by atoms with Crippen molar-refractivity contribution in [2.24, 2.45) is 11.3 Å². The maximum Gasteiger partial charge on any atom is 0.319 e. The largest absolute Gasteiger partial charge is 0.465 e. The fourth-order valence-corrected chi connectivity index (χ4v) is 2.23. The number of benzene rings is 1. The number of carbonyl (C=O) groups is 2. The van der Waals surface area contributed by atoms with Crippen molar-refractivity contribution in [2.75, 3.05) is 11.9 Å². The molecule has 0 bridgehead atoms. The molecule has 0 saturated heterocycles. The highest BCUT2D eigenvalue weighted by Crippen LogP contribution is 2.32. The van der Waals surface area contributed by atoms with Crippen LogP contribution in [0.3, 0.4) is 0 Å². The fourth-order valence-electron chi connectivity index (χ4n) is 1.88. The normalized spacial score (nSPS) is 12.7. The van der Waals surface area contributed by atoms with Gasteiger partial charge in [0, 0.05) is 0 Å². The Labute approximate surface area is 134 Å². The van der Waals surface area contributed by atoms with Crippen molar-refractivity contribution in [2.45, 2.75) is 27.7 Å². The average molecular weight is 332 g/mol. The van der Waals surface area contributed by atoms with E-state index in [9.17, 15) is 9.59 Å². The van der Waals surface area contributed by atoms with Gasteiger partial charge in [0.15, 0.2) is 0 Å². The molecule has 0 aliphatic carbocycles. The number of nitrogens with one attached hydrogen (secondary N) is 1. The summed E-state index contributed by atoms with van der Waals surface area (Å²) in [4.78, 5) is 24.5. The first-order chi connectivity index (χ1) is 9.68. The van der Waals surface area contributed by atoms with Crippen LogP contribution in [0.5, 0.6) is 0 Å². The number of hydrogen-bond donors (Lipinski definition) is 1. The van der Waals surface area contributed by atoms with Crippen molar-refractivity contribution < 1.29 is 14.3 Å². The molecule has 0 aromatic heterocycles. The van der Waals surface area contributed by atoms with Gasteiger partial charge in [0.05, 0.1) is 22.3 Å². The Morgan fingerprint density at radius 3 is 2.43 bits per heavy atom. The Kier molecular flexibility index (Phi) is 6.05. The molecular weight excluding hydrogens is 313 g/mol. The van der Waals surface area contributed by atoms with Gasteiger partial charge in [0.1, 0.15) is 5.92 Å². The van der Waals surface area contributed by atoms with Crippen molar-refractivity contribution in [3.8, 4) is 0 Å². The van der Waals surface area contributed by atoms with Gasteiger partial charge in [-0.3, -0.25) is 9.59 Å². The smallest absolute Gasteiger partial charge is 0.319 e. The topological polar surface area (TPSA) is 55.4 Å². The molecule has 1 atom stereocenters. The molecule has 116 valence electrons. The summed E-state index contributed by atoms with van der Waals surface area (Å²) >= 11 is 11.9. The lowest BCUT2D eigenvalue weighted by Crippen LogP contribution is -2.40. The van der Waals surface area contributed by atoms with Gasteiger partial charge >= 0.3 is 5.97 Å². The van der Waals surface area contributed by atoms with Crippen molar-refractivity contribution >= 4 is 40.8 Å². The Morgan fingerprint density at radius 2 is 1.90 bits per heavy atom. The summed E-state index contributed by atoms with van der Waals surface area (Å²) in [5.74, 6) is -1.96. The second-order valence-corrected chi connectivity index (χ2v) is 6.43. The lowest BCUT2D eigenvalue weighted by molar-refractivity contribution is -0.155. The summed E-state index contributed by atoms with van der Waals surface area (Å²) in [6.07, 6.45) is 0. The first kappa shape index (κ1) is 17.8. The number of carbonyl (C=O) groups excluding carboxylic acids is 2. The van der Waals surface area contributed by atoms with Gasteiger partial charge in [0.2, 0.25) is 5.91 Å². The van der Waals surface area contributed by atoms with E-state index in [0.29, 0.717) is 10.7 Å². The second kappa shape index (κ2) is 7.14. The van der Waals surface area contributed by atoms with Gasteiger partial charge in [-0.1, -0.05) is 50.0 Å². The number of amides is 1. The van der Waals surface area contributed by atoms with E-state index in [2.05, 4.69) is 5.32 Å². The van der Waals surface area contributed by atoms with Crippen LogP contribution in [0, 0.1) is 11.3 Å². The van der Waals surface area contributed by atoms with E-state index in [1.807, 2.05) is 0 Å². The fraction of sp³-hybridized carbons (Fsp3) is 0.467. The van der Waals surface area contributed by atoms with Crippen LogP contribution >= 0.6 is 23.2 Å². The van der Waals surface area contributed by atoms with Crippen LogP contribution in [0.2, 0.25) is 10.0 Å². The van der Waals surface area contributed by atoms with Crippen LogP contribution in [0.15, 0.2) is 18.2 Å². The lowest BCUT2D eigenvalue weighted by Gasteiger charge is -2.27. The third-order valence-corrected chi connectivity index (χ3v) is 3.68. The minimum atomic E-state index is -0.938. The van der Waals surface area contributed by atoms with Gasteiger partial charge in [-0.15, -0.1) is 0 Å². The molecule has 0 heterocycles. The van der Waals surface area contributed by atoms with Gasteiger partial charge in [0.25, 0.3) is 0 Å². The molecule has 1 rings (SSSR count). The number of ether oxygens (including phenoxy) is 1. The van der Waals surface area contributed by atoms with E-state index in [-0.39, 0.29) is 11.6 Å². The maximum atomic E-state index is 12.4. The maximum absolute atomic E-state index is 12.4. The van der Waals surface area contributed by atoms with Crippen molar-refractivity contribution in [1.82, 2.24) is 0 Å². The zero-order valence-electron chi connectivity index (χ0n) is 12.5. The standard InChI is InChI=1S/C15H19Cl2NO3/c1-5-21-14(20)11(15(2,3)4)13(19)18-10-8-6-7-9(16)12(10)17/h6-8,11H,5H2,1-4H3,(H,18,19). The summed E-state index contributed by atoms with van der Waals surface area (Å²) in [7, 11) is 0. The van der Waals surface area contributed by atoms with Crippen LogP contribution in [0.25, 0.3) is 0 Å². The van der Waals surface area contributed by atoms with Crippen molar-refractivity contribution in [3.05, 3.63) is 28.2 Å². The molecule has 1 aromatic rings. The Bertz CT molecular complexity index is 538. The van der Waals surface area contributed by atoms with E-state index in [4.69, 9.17) is 27.9 Å². The highest BCUT2D eigenvalue weighted by Gasteiger charge is 2.39. The SMILES string of the molecule is CCOC(=O)C(C(=O)Nc1cccc(Cl)c1Cl)C(C)(C)C. The molecule has 1 N–H and O–H groups in total. The Hall–Kier alpha value is -1.26. The molecule has 1 aromatic carbocycles. The first-order valence-electron chi connectivity index (χ1n) is 6.60. The molecule has 0 aliphatic rings. The number of halogens is 2. The number of rotatable bonds is 4. The second-order valence-electron chi connectivity index (χ2n) is 5.64. The van der Waals surface area contributed by atoms with Gasteiger partial charge in [-0.2, -0.15) is 0 Å². The quantitative estimate of drug-likeness (QED) is 0.665. The van der Waals surface area contributed by atoms with Gasteiger partial charge in [-0.25, -0.2) is 0 Å². The van der Waals surface area contributed by atoms with Crippen LogP contribution in [0.1, 0.15) is 27.7 Å². The predicted octanol–water partition coefficient (Wildman–Crippen LogP) is 4.16. The summed E-state index contributed by atoms with van der Waals surface area (Å²) in [6.45, 7) is 7.31. The number of anilines is 1. The summed E-state index contributed by atoms with van der Waals surface area (Å²) in [6, 6.07) is 4.91. The summed E-state index contributed by atoms with van der Waals surface area (Å²) in [5.41, 5.74) is -0.214. The monoisotopic (exact) mass is 331 g/mol. The van der Waals surface area contributed by atoms with Crippen LogP contribution in [-0.4, -0.2) is 18.5 Å². The minimum absolute atomic E-state index is 0.219. The number of esters is 1. The van der Waals surface area contributed by atoms with E-state index in [1.54, 1.807) is 45.9 Å². The molecule has 0 fully saturated rings. The summed E-state index contributed by atoms with van der Waals surface area (Å²) < 4.78 is 4.98. The molecule has 4 nitrogen and oxygen atoms in total. The third-order valence-electron chi connectivity index (χ3n) is 2.86. The van der Waals surface area contributed by atoms with Gasteiger partial charge in [-0.05, 0) is 24.5 Å². The third kappa shape index (κ3) is 4.61. The highest BCUT2D eigenvalue weighted by atomic mass is 35.5. The zero-order chi connectivity index (χ0) is 16.2. The minimum Gasteiger partial charge on any atom is -0.465 e. The van der Waals surface area contributed by atoms with E-state index in [1.165, 1.54) is 0 Å². The molecule has 0 spiro atoms. The average Bonchev–Trinajstić information content (AvgIpc) is 2.33. The molecule has 0 saturated carbocycles. The molecule has 0 aliphatic heterocycles. The summed E-state index contributed by atoms with van der Waals surface area (Å²) in [5, 5.41) is 3.21. The molecule has 1 amide bonds. The number of hydrogen-bond acceptors (Lipinski definition) is 3. The Morgan fingerprint density at radius 1 is 1.29 bits per heavy atom. The molecule has 1 unspecified atom stereocenters. The molecule has 6 heteroatoms. The van der Waals surface area contributed by atoms with E-state index >= 15 is 0 Å². The molecule has 0 radical (unpaired) electrons.